The van der Waals surface area contributed by atoms with Crippen LogP contribution in [0.25, 0.3) is 0 Å². The number of hydrogen-bond donors (Lipinski definition) is 1. The van der Waals surface area contributed by atoms with Crippen molar-refractivity contribution < 1.29 is 0 Å². The standard InChI is InChI=1S/C14H17N3S/c1-14(2)8-7-12(16-13-17-15-9-18-13)10-5-3-4-6-11(10)14/h3-6,9,12H,7-8H2,1-2H3,(H,16,17). The SMILES string of the molecule is CC1(C)CCC(Nc2nncs2)c2ccccc21. The first kappa shape index (κ1) is 11.7. The molecule has 0 radical (unpaired) electrons. The maximum atomic E-state index is 4.08. The zero-order chi connectivity index (χ0) is 12.6. The molecule has 3 nitrogen and oxygen atoms in total. The maximum absolute atomic E-state index is 4.08. The Labute approximate surface area is 111 Å². The molecule has 18 heavy (non-hydrogen) atoms. The molecule has 0 amide bonds. The third-order valence-electron chi connectivity index (χ3n) is 3.78. The fraction of sp³-hybridized carbons (Fsp3) is 0.429. The van der Waals surface area contributed by atoms with E-state index >= 15 is 0 Å². The minimum Gasteiger partial charge on any atom is -0.353 e. The van der Waals surface area contributed by atoms with Crippen LogP contribution in [0.2, 0.25) is 0 Å². The summed E-state index contributed by atoms with van der Waals surface area (Å²) in [5.41, 5.74) is 4.90. The summed E-state index contributed by atoms with van der Waals surface area (Å²) in [6.07, 6.45) is 2.34. The second-order valence-electron chi connectivity index (χ2n) is 5.45. The van der Waals surface area contributed by atoms with Crippen molar-refractivity contribution in [3.63, 3.8) is 0 Å². The molecule has 0 spiro atoms. The Morgan fingerprint density at radius 3 is 2.94 bits per heavy atom. The van der Waals surface area contributed by atoms with E-state index in [4.69, 9.17) is 0 Å². The van der Waals surface area contributed by atoms with Gasteiger partial charge in [-0.25, -0.2) is 0 Å². The van der Waals surface area contributed by atoms with Crippen LogP contribution in [0, 0.1) is 0 Å². The third kappa shape index (κ3) is 2.01. The van der Waals surface area contributed by atoms with E-state index in [-0.39, 0.29) is 5.41 Å². The summed E-state index contributed by atoms with van der Waals surface area (Å²) in [6.45, 7) is 4.65. The first-order chi connectivity index (χ1) is 8.67. The zero-order valence-electron chi connectivity index (χ0n) is 10.7. The van der Waals surface area contributed by atoms with E-state index in [0.717, 1.165) is 11.6 Å². The molecule has 2 aromatic rings. The van der Waals surface area contributed by atoms with Crippen molar-refractivity contribution >= 4 is 16.5 Å². The minimum absolute atomic E-state index is 0.274. The monoisotopic (exact) mass is 259 g/mol. The lowest BCUT2D eigenvalue weighted by Gasteiger charge is -2.37. The highest BCUT2D eigenvalue weighted by molar-refractivity contribution is 7.13. The van der Waals surface area contributed by atoms with E-state index in [1.807, 2.05) is 0 Å². The van der Waals surface area contributed by atoms with E-state index in [1.54, 1.807) is 16.8 Å². The molecule has 1 aromatic carbocycles. The van der Waals surface area contributed by atoms with Gasteiger partial charge in [-0.1, -0.05) is 49.4 Å². The van der Waals surface area contributed by atoms with E-state index in [1.165, 1.54) is 17.5 Å². The van der Waals surface area contributed by atoms with Crippen LogP contribution >= 0.6 is 11.3 Å². The molecule has 1 unspecified atom stereocenters. The number of benzene rings is 1. The number of hydrogen-bond acceptors (Lipinski definition) is 4. The van der Waals surface area contributed by atoms with Crippen LogP contribution in [-0.2, 0) is 5.41 Å². The van der Waals surface area contributed by atoms with Crippen molar-refractivity contribution in [2.45, 2.75) is 38.1 Å². The van der Waals surface area contributed by atoms with Crippen LogP contribution < -0.4 is 5.32 Å². The van der Waals surface area contributed by atoms with E-state index in [9.17, 15) is 0 Å². The summed E-state index contributed by atoms with van der Waals surface area (Å²) < 4.78 is 0. The lowest BCUT2D eigenvalue weighted by Crippen LogP contribution is -2.29. The molecule has 1 atom stereocenters. The van der Waals surface area contributed by atoms with E-state index in [2.05, 4.69) is 53.6 Å². The lowest BCUT2D eigenvalue weighted by atomic mass is 9.71. The molecular formula is C14H17N3S. The maximum Gasteiger partial charge on any atom is 0.205 e. The van der Waals surface area contributed by atoms with Gasteiger partial charge in [0.1, 0.15) is 5.51 Å². The summed E-state index contributed by atoms with van der Waals surface area (Å²) in [4.78, 5) is 0. The van der Waals surface area contributed by atoms with Crippen LogP contribution in [0.5, 0.6) is 0 Å². The van der Waals surface area contributed by atoms with E-state index in [0.29, 0.717) is 6.04 Å². The minimum atomic E-state index is 0.274. The van der Waals surface area contributed by atoms with Crippen molar-refractivity contribution in [3.05, 3.63) is 40.9 Å². The molecular weight excluding hydrogens is 242 g/mol. The normalized spacial score (nSPS) is 21.3. The zero-order valence-corrected chi connectivity index (χ0v) is 11.5. The average molecular weight is 259 g/mol. The average Bonchev–Trinajstić information content (AvgIpc) is 2.86. The number of rotatable bonds is 2. The molecule has 0 saturated heterocycles. The van der Waals surface area contributed by atoms with Gasteiger partial charge in [0.15, 0.2) is 0 Å². The predicted molar refractivity (Wildman–Crippen MR) is 75.0 cm³/mol. The molecule has 1 N–H and O–H groups in total. The number of nitrogens with zero attached hydrogens (tertiary/aromatic N) is 2. The second-order valence-corrected chi connectivity index (χ2v) is 6.28. The molecule has 4 heteroatoms. The Balaban J connectivity index is 1.94. The van der Waals surface area contributed by atoms with Crippen molar-refractivity contribution in [3.8, 4) is 0 Å². The molecule has 0 aliphatic heterocycles. The molecule has 0 saturated carbocycles. The second kappa shape index (κ2) is 4.35. The molecule has 3 rings (SSSR count). The van der Waals surface area contributed by atoms with Gasteiger partial charge in [0, 0.05) is 0 Å². The van der Waals surface area contributed by atoms with Crippen LogP contribution in [-0.4, -0.2) is 10.2 Å². The molecule has 1 aromatic heterocycles. The van der Waals surface area contributed by atoms with Crippen molar-refractivity contribution in [1.82, 2.24) is 10.2 Å². The van der Waals surface area contributed by atoms with Crippen LogP contribution in [0.4, 0.5) is 5.13 Å². The number of aromatic nitrogens is 2. The fourth-order valence-corrected chi connectivity index (χ4v) is 3.25. The summed E-state index contributed by atoms with van der Waals surface area (Å²) in [5, 5.41) is 12.4. The Kier molecular flexibility index (Phi) is 2.82. The van der Waals surface area contributed by atoms with Gasteiger partial charge < -0.3 is 5.32 Å². The van der Waals surface area contributed by atoms with Gasteiger partial charge in [-0.2, -0.15) is 0 Å². The van der Waals surface area contributed by atoms with Crippen LogP contribution in [0.15, 0.2) is 29.8 Å². The van der Waals surface area contributed by atoms with E-state index < -0.39 is 0 Å². The van der Waals surface area contributed by atoms with Crippen molar-refractivity contribution in [2.75, 3.05) is 5.32 Å². The topological polar surface area (TPSA) is 37.8 Å². The van der Waals surface area contributed by atoms with Gasteiger partial charge in [0.2, 0.25) is 5.13 Å². The van der Waals surface area contributed by atoms with Crippen LogP contribution in [0.1, 0.15) is 43.9 Å². The Bertz CT molecular complexity index is 534. The highest BCUT2D eigenvalue weighted by Crippen LogP contribution is 2.42. The molecule has 0 fully saturated rings. The van der Waals surface area contributed by atoms with Gasteiger partial charge >= 0.3 is 0 Å². The Morgan fingerprint density at radius 1 is 1.33 bits per heavy atom. The first-order valence-corrected chi connectivity index (χ1v) is 7.17. The Hall–Kier alpha value is -1.42. The largest absolute Gasteiger partial charge is 0.353 e. The van der Waals surface area contributed by atoms with Gasteiger partial charge in [-0.3, -0.25) is 0 Å². The van der Waals surface area contributed by atoms with Gasteiger partial charge in [-0.15, -0.1) is 10.2 Å². The summed E-state index contributed by atoms with van der Waals surface area (Å²) in [5.74, 6) is 0. The predicted octanol–water partition coefficient (Wildman–Crippen LogP) is 3.76. The lowest BCUT2D eigenvalue weighted by molar-refractivity contribution is 0.406. The third-order valence-corrected chi connectivity index (χ3v) is 4.40. The molecule has 1 aliphatic carbocycles. The molecule has 94 valence electrons. The van der Waals surface area contributed by atoms with Crippen molar-refractivity contribution in [1.29, 1.82) is 0 Å². The highest BCUT2D eigenvalue weighted by atomic mass is 32.1. The molecule has 1 aliphatic rings. The number of nitrogens with one attached hydrogen (secondary N) is 1. The smallest absolute Gasteiger partial charge is 0.205 e. The van der Waals surface area contributed by atoms with Crippen LogP contribution in [0.3, 0.4) is 0 Å². The summed E-state index contributed by atoms with van der Waals surface area (Å²) in [7, 11) is 0. The number of fused-ring (bicyclic) bond motifs is 1. The summed E-state index contributed by atoms with van der Waals surface area (Å²) in [6, 6.07) is 9.10. The van der Waals surface area contributed by atoms with Gasteiger partial charge in [-0.05, 0) is 29.4 Å². The van der Waals surface area contributed by atoms with Crippen molar-refractivity contribution in [2.24, 2.45) is 0 Å². The molecule has 1 heterocycles. The van der Waals surface area contributed by atoms with Gasteiger partial charge in [0.05, 0.1) is 6.04 Å². The summed E-state index contributed by atoms with van der Waals surface area (Å²) >= 11 is 1.56. The van der Waals surface area contributed by atoms with Gasteiger partial charge in [0.25, 0.3) is 0 Å². The number of anilines is 1. The quantitative estimate of drug-likeness (QED) is 0.892. The first-order valence-electron chi connectivity index (χ1n) is 6.29. The Morgan fingerprint density at radius 2 is 2.17 bits per heavy atom. The fourth-order valence-electron chi connectivity index (χ4n) is 2.75. The molecule has 0 bridgehead atoms. The highest BCUT2D eigenvalue weighted by Gasteiger charge is 2.32.